The lowest BCUT2D eigenvalue weighted by atomic mass is 10.2. The van der Waals surface area contributed by atoms with Gasteiger partial charge in [0.05, 0.1) is 4.88 Å². The summed E-state index contributed by atoms with van der Waals surface area (Å²) < 4.78 is 0. The predicted molar refractivity (Wildman–Crippen MR) is 89.7 cm³/mol. The van der Waals surface area contributed by atoms with E-state index < -0.39 is 0 Å². The van der Waals surface area contributed by atoms with Crippen LogP contribution >= 0.6 is 11.3 Å². The van der Waals surface area contributed by atoms with Gasteiger partial charge in [-0.05, 0) is 23.6 Å². The maximum absolute atomic E-state index is 11.8. The highest BCUT2D eigenvalue weighted by Gasteiger charge is 2.10. The molecule has 2 aromatic rings. The molecule has 0 aliphatic carbocycles. The van der Waals surface area contributed by atoms with Crippen LogP contribution in [0, 0.1) is 0 Å². The number of carbonyl (C=O) groups excluding carboxylic acids is 3. The molecular weight excluding hydrogens is 312 g/mol. The molecule has 0 bridgehead atoms. The van der Waals surface area contributed by atoms with Crippen molar-refractivity contribution in [3.8, 4) is 0 Å². The van der Waals surface area contributed by atoms with Crippen LogP contribution in [0.3, 0.4) is 0 Å². The van der Waals surface area contributed by atoms with E-state index in [-0.39, 0.29) is 30.4 Å². The zero-order valence-electron chi connectivity index (χ0n) is 12.6. The van der Waals surface area contributed by atoms with Gasteiger partial charge in [0.1, 0.15) is 0 Å². The predicted octanol–water partition coefficient (Wildman–Crippen LogP) is 2.26. The summed E-state index contributed by atoms with van der Waals surface area (Å²) >= 11 is 1.38. The SMILES string of the molecule is O=C(CCC(=O)c1cccs1)NCCNC(=O)c1ccccc1. The zero-order valence-corrected chi connectivity index (χ0v) is 13.4. The molecular formula is C17H18N2O3S. The molecule has 0 atom stereocenters. The van der Waals surface area contributed by atoms with Crippen molar-refractivity contribution in [1.82, 2.24) is 10.6 Å². The standard InChI is InChI=1S/C17H18N2O3S/c20-14(15-7-4-12-23-15)8-9-16(21)18-10-11-19-17(22)13-5-2-1-3-6-13/h1-7,12H,8-11H2,(H,18,21)(H,19,22). The molecule has 0 unspecified atom stereocenters. The number of hydrogen-bond donors (Lipinski definition) is 2. The number of ketones is 1. The largest absolute Gasteiger partial charge is 0.354 e. The molecule has 1 aromatic heterocycles. The third-order valence-electron chi connectivity index (χ3n) is 3.14. The van der Waals surface area contributed by atoms with Crippen molar-refractivity contribution >= 4 is 28.9 Å². The number of thiophene rings is 1. The molecule has 0 saturated heterocycles. The van der Waals surface area contributed by atoms with E-state index in [4.69, 9.17) is 0 Å². The van der Waals surface area contributed by atoms with Gasteiger partial charge in [-0.1, -0.05) is 24.3 Å². The second kappa shape index (κ2) is 8.85. The number of hydrogen-bond acceptors (Lipinski definition) is 4. The van der Waals surface area contributed by atoms with Gasteiger partial charge in [-0.15, -0.1) is 11.3 Å². The fraction of sp³-hybridized carbons (Fsp3) is 0.235. The third kappa shape index (κ3) is 5.67. The van der Waals surface area contributed by atoms with E-state index in [0.717, 1.165) is 0 Å². The van der Waals surface area contributed by atoms with Crippen molar-refractivity contribution in [2.75, 3.05) is 13.1 Å². The first-order valence-electron chi connectivity index (χ1n) is 7.33. The number of amides is 2. The Kier molecular flexibility index (Phi) is 6.50. The summed E-state index contributed by atoms with van der Waals surface area (Å²) in [6, 6.07) is 12.4. The second-order valence-corrected chi connectivity index (χ2v) is 5.82. The molecule has 0 spiro atoms. The van der Waals surface area contributed by atoms with Crippen LogP contribution in [0.1, 0.15) is 32.9 Å². The summed E-state index contributed by atoms with van der Waals surface area (Å²) in [5, 5.41) is 7.25. The van der Waals surface area contributed by atoms with Crippen molar-refractivity contribution in [3.05, 3.63) is 58.3 Å². The van der Waals surface area contributed by atoms with Gasteiger partial charge in [-0.2, -0.15) is 0 Å². The average molecular weight is 330 g/mol. The van der Waals surface area contributed by atoms with Gasteiger partial charge in [0.25, 0.3) is 5.91 Å². The summed E-state index contributed by atoms with van der Waals surface area (Å²) in [7, 11) is 0. The van der Waals surface area contributed by atoms with Gasteiger partial charge in [-0.25, -0.2) is 0 Å². The lowest BCUT2D eigenvalue weighted by Gasteiger charge is -2.07. The minimum atomic E-state index is -0.191. The number of nitrogens with one attached hydrogen (secondary N) is 2. The molecule has 0 saturated carbocycles. The van der Waals surface area contributed by atoms with Crippen LogP contribution in [0.5, 0.6) is 0 Å². The second-order valence-electron chi connectivity index (χ2n) is 4.87. The van der Waals surface area contributed by atoms with E-state index in [1.165, 1.54) is 11.3 Å². The average Bonchev–Trinajstić information content (AvgIpc) is 3.12. The van der Waals surface area contributed by atoms with E-state index in [9.17, 15) is 14.4 Å². The molecule has 0 fully saturated rings. The number of Topliss-reactive ketones (excluding diaryl/α,β-unsaturated/α-hetero) is 1. The fourth-order valence-electron chi connectivity index (χ4n) is 1.95. The number of benzene rings is 1. The number of carbonyl (C=O) groups is 3. The van der Waals surface area contributed by atoms with Crippen molar-refractivity contribution < 1.29 is 14.4 Å². The minimum Gasteiger partial charge on any atom is -0.354 e. The van der Waals surface area contributed by atoms with Crippen LogP contribution in [0.15, 0.2) is 47.8 Å². The van der Waals surface area contributed by atoms with Crippen LogP contribution < -0.4 is 10.6 Å². The summed E-state index contributed by atoms with van der Waals surface area (Å²) in [5.41, 5.74) is 0.584. The summed E-state index contributed by atoms with van der Waals surface area (Å²) in [6.45, 7) is 0.683. The Bertz CT molecular complexity index is 654. The van der Waals surface area contributed by atoms with Gasteiger partial charge in [0, 0.05) is 31.5 Å². The van der Waals surface area contributed by atoms with E-state index in [2.05, 4.69) is 10.6 Å². The summed E-state index contributed by atoms with van der Waals surface area (Å²) in [4.78, 5) is 35.9. The molecule has 120 valence electrons. The molecule has 5 nitrogen and oxygen atoms in total. The maximum atomic E-state index is 11.8. The highest BCUT2D eigenvalue weighted by atomic mass is 32.1. The van der Waals surface area contributed by atoms with E-state index in [1.54, 1.807) is 30.3 Å². The molecule has 2 amide bonds. The molecule has 2 N–H and O–H groups in total. The van der Waals surface area contributed by atoms with Gasteiger partial charge >= 0.3 is 0 Å². The Balaban J connectivity index is 1.60. The van der Waals surface area contributed by atoms with E-state index in [0.29, 0.717) is 23.5 Å². The molecule has 2 rings (SSSR count). The van der Waals surface area contributed by atoms with Crippen LogP contribution in [0.2, 0.25) is 0 Å². The molecule has 0 aliphatic heterocycles. The Morgan fingerprint density at radius 3 is 2.30 bits per heavy atom. The molecule has 0 radical (unpaired) electrons. The van der Waals surface area contributed by atoms with Crippen LogP contribution in [0.4, 0.5) is 0 Å². The Morgan fingerprint density at radius 2 is 1.61 bits per heavy atom. The topological polar surface area (TPSA) is 75.3 Å². The first-order valence-corrected chi connectivity index (χ1v) is 8.21. The van der Waals surface area contributed by atoms with Crippen LogP contribution in [0.25, 0.3) is 0 Å². The first kappa shape index (κ1) is 16.9. The molecule has 0 aliphatic rings. The van der Waals surface area contributed by atoms with Gasteiger partial charge in [0.2, 0.25) is 5.91 Å². The smallest absolute Gasteiger partial charge is 0.251 e. The Labute approximate surface area is 138 Å². The van der Waals surface area contributed by atoms with Gasteiger partial charge in [0.15, 0.2) is 5.78 Å². The molecule has 1 heterocycles. The normalized spacial score (nSPS) is 10.1. The van der Waals surface area contributed by atoms with Crippen molar-refractivity contribution in [2.45, 2.75) is 12.8 Å². The van der Waals surface area contributed by atoms with Crippen molar-refractivity contribution in [3.63, 3.8) is 0 Å². The van der Waals surface area contributed by atoms with Gasteiger partial charge in [-0.3, -0.25) is 14.4 Å². The van der Waals surface area contributed by atoms with Crippen molar-refractivity contribution in [1.29, 1.82) is 0 Å². The monoisotopic (exact) mass is 330 g/mol. The minimum absolute atomic E-state index is 0.0208. The van der Waals surface area contributed by atoms with Crippen LogP contribution in [-0.4, -0.2) is 30.7 Å². The molecule has 1 aromatic carbocycles. The van der Waals surface area contributed by atoms with Crippen molar-refractivity contribution in [2.24, 2.45) is 0 Å². The Morgan fingerprint density at radius 1 is 0.870 bits per heavy atom. The molecule has 23 heavy (non-hydrogen) atoms. The zero-order chi connectivity index (χ0) is 16.5. The summed E-state index contributed by atoms with van der Waals surface area (Å²) in [6.07, 6.45) is 0.353. The van der Waals surface area contributed by atoms with Gasteiger partial charge < -0.3 is 10.6 Å². The van der Waals surface area contributed by atoms with E-state index >= 15 is 0 Å². The molecule has 6 heteroatoms. The lowest BCUT2D eigenvalue weighted by Crippen LogP contribution is -2.34. The van der Waals surface area contributed by atoms with Crippen LogP contribution in [-0.2, 0) is 4.79 Å². The number of rotatable bonds is 8. The quantitative estimate of drug-likeness (QED) is 0.576. The third-order valence-corrected chi connectivity index (χ3v) is 4.05. The maximum Gasteiger partial charge on any atom is 0.251 e. The first-order chi connectivity index (χ1) is 11.2. The lowest BCUT2D eigenvalue weighted by molar-refractivity contribution is -0.121. The highest BCUT2D eigenvalue weighted by molar-refractivity contribution is 7.12. The fourth-order valence-corrected chi connectivity index (χ4v) is 2.64. The highest BCUT2D eigenvalue weighted by Crippen LogP contribution is 2.12. The Hall–Kier alpha value is -2.47. The summed E-state index contributed by atoms with van der Waals surface area (Å²) in [5.74, 6) is -0.385. The van der Waals surface area contributed by atoms with E-state index in [1.807, 2.05) is 17.5 Å².